The summed E-state index contributed by atoms with van der Waals surface area (Å²) in [6.07, 6.45) is 0.945. The molecule has 0 aliphatic rings. The Balaban J connectivity index is 1.58. The number of rotatable bonds is 4. The summed E-state index contributed by atoms with van der Waals surface area (Å²) in [5, 5.41) is 8.47. The van der Waals surface area contributed by atoms with E-state index in [0.29, 0.717) is 5.69 Å². The fourth-order valence-electron chi connectivity index (χ4n) is 3.26. The van der Waals surface area contributed by atoms with E-state index in [1.165, 1.54) is 0 Å². The fraction of sp³-hybridized carbons (Fsp3) is 0.190. The first-order valence-corrected chi connectivity index (χ1v) is 9.39. The van der Waals surface area contributed by atoms with Gasteiger partial charge in [0.2, 0.25) is 0 Å². The molecule has 0 aliphatic carbocycles. The quantitative estimate of drug-likeness (QED) is 0.506. The molecule has 0 aliphatic heterocycles. The van der Waals surface area contributed by atoms with E-state index in [4.69, 9.17) is 0 Å². The van der Waals surface area contributed by atoms with E-state index >= 15 is 0 Å². The normalized spacial score (nSPS) is 11.6. The number of benzene rings is 1. The molecule has 3 aromatic heterocycles. The number of hydrogen-bond donors (Lipinski definition) is 2. The Hall–Kier alpha value is -3.82. The number of nitrogens with one attached hydrogen (secondary N) is 2. The molecule has 1 aromatic carbocycles. The SMILES string of the molecule is Cc1c(-c2ccn3c(-c4cccc(NC(=O)NCC(F)(F)F)c4)cnc3c2)cnn1C. The van der Waals surface area contributed by atoms with Crippen LogP contribution >= 0.6 is 0 Å². The largest absolute Gasteiger partial charge is 0.405 e. The van der Waals surface area contributed by atoms with Crippen molar-refractivity contribution in [2.24, 2.45) is 7.05 Å². The van der Waals surface area contributed by atoms with Crippen LogP contribution in [0.25, 0.3) is 28.0 Å². The van der Waals surface area contributed by atoms with Gasteiger partial charge in [0.25, 0.3) is 0 Å². The van der Waals surface area contributed by atoms with Gasteiger partial charge in [0.1, 0.15) is 12.2 Å². The first kappa shape index (κ1) is 20.5. The highest BCUT2D eigenvalue weighted by Crippen LogP contribution is 2.28. The minimum atomic E-state index is -4.47. The van der Waals surface area contributed by atoms with Crippen LogP contribution in [-0.4, -0.2) is 37.9 Å². The van der Waals surface area contributed by atoms with E-state index in [9.17, 15) is 18.0 Å². The van der Waals surface area contributed by atoms with Gasteiger partial charge in [0.05, 0.1) is 18.1 Å². The average molecular weight is 428 g/mol. The molecule has 3 heterocycles. The van der Waals surface area contributed by atoms with Gasteiger partial charge in [-0.3, -0.25) is 9.08 Å². The van der Waals surface area contributed by atoms with Crippen LogP contribution in [0.15, 0.2) is 55.0 Å². The molecule has 2 amide bonds. The number of pyridine rings is 1. The van der Waals surface area contributed by atoms with Crippen LogP contribution in [0.3, 0.4) is 0 Å². The van der Waals surface area contributed by atoms with Crippen LogP contribution in [0.2, 0.25) is 0 Å². The molecule has 0 unspecified atom stereocenters. The summed E-state index contributed by atoms with van der Waals surface area (Å²) >= 11 is 0. The molecule has 0 fully saturated rings. The van der Waals surface area contributed by atoms with Crippen LogP contribution in [0.5, 0.6) is 0 Å². The molecule has 0 radical (unpaired) electrons. The Bertz CT molecular complexity index is 1260. The minimum absolute atomic E-state index is 0.370. The van der Waals surface area contributed by atoms with E-state index < -0.39 is 18.8 Å². The van der Waals surface area contributed by atoms with Gasteiger partial charge >= 0.3 is 12.2 Å². The van der Waals surface area contributed by atoms with Crippen LogP contribution in [0.1, 0.15) is 5.69 Å². The smallest absolute Gasteiger partial charge is 0.329 e. The summed E-state index contributed by atoms with van der Waals surface area (Å²) in [5.74, 6) is 0. The summed E-state index contributed by atoms with van der Waals surface area (Å²) in [5.41, 5.74) is 5.69. The molecule has 10 heteroatoms. The Morgan fingerprint density at radius 1 is 1.13 bits per heavy atom. The third-order valence-corrected chi connectivity index (χ3v) is 4.93. The topological polar surface area (TPSA) is 76.2 Å². The van der Waals surface area contributed by atoms with E-state index in [2.05, 4.69) is 15.4 Å². The van der Waals surface area contributed by atoms with Gasteiger partial charge in [-0.2, -0.15) is 18.3 Å². The number of carbonyl (C=O) groups is 1. The lowest BCUT2D eigenvalue weighted by atomic mass is 10.1. The molecule has 0 bridgehead atoms. The molecule has 2 N–H and O–H groups in total. The van der Waals surface area contributed by atoms with Gasteiger partial charge in [-0.1, -0.05) is 12.1 Å². The van der Waals surface area contributed by atoms with Crippen LogP contribution in [0.4, 0.5) is 23.7 Å². The molecule has 0 saturated heterocycles. The van der Waals surface area contributed by atoms with Gasteiger partial charge in [-0.05, 0) is 36.8 Å². The van der Waals surface area contributed by atoms with Crippen molar-refractivity contribution in [3.05, 3.63) is 60.7 Å². The van der Waals surface area contributed by atoms with Crippen LogP contribution in [-0.2, 0) is 7.05 Å². The first-order chi connectivity index (χ1) is 14.7. The Labute approximate surface area is 175 Å². The number of fused-ring (bicyclic) bond motifs is 1. The highest BCUT2D eigenvalue weighted by molar-refractivity contribution is 5.90. The number of carbonyl (C=O) groups excluding carboxylic acids is 1. The maximum atomic E-state index is 12.3. The number of aromatic nitrogens is 4. The average Bonchev–Trinajstić information content (AvgIpc) is 3.29. The standard InChI is InChI=1S/C21H19F3N6O/c1-13-17(10-27-29(13)2)14-6-7-30-18(11-25-19(30)9-14)15-4-3-5-16(8-15)28-20(31)26-12-21(22,23)24/h3-11H,12H2,1-2H3,(H2,26,28,31). The Morgan fingerprint density at radius 3 is 2.65 bits per heavy atom. The lowest BCUT2D eigenvalue weighted by Crippen LogP contribution is -2.36. The molecule has 160 valence electrons. The molecule has 31 heavy (non-hydrogen) atoms. The number of amides is 2. The van der Waals surface area contributed by atoms with E-state index in [1.54, 1.807) is 34.4 Å². The van der Waals surface area contributed by atoms with Crippen molar-refractivity contribution in [1.82, 2.24) is 24.5 Å². The van der Waals surface area contributed by atoms with Gasteiger partial charge in [0.15, 0.2) is 0 Å². The third kappa shape index (κ3) is 4.37. The number of halogens is 3. The van der Waals surface area contributed by atoms with E-state index in [1.807, 2.05) is 49.0 Å². The van der Waals surface area contributed by atoms with Gasteiger partial charge in [0, 0.05) is 35.8 Å². The monoisotopic (exact) mass is 428 g/mol. The van der Waals surface area contributed by atoms with Crippen LogP contribution < -0.4 is 10.6 Å². The van der Waals surface area contributed by atoms with Gasteiger partial charge < -0.3 is 10.6 Å². The zero-order valence-electron chi connectivity index (χ0n) is 16.7. The number of hydrogen-bond acceptors (Lipinski definition) is 3. The van der Waals surface area contributed by atoms with Crippen molar-refractivity contribution >= 4 is 17.4 Å². The highest BCUT2D eigenvalue weighted by Gasteiger charge is 2.27. The lowest BCUT2D eigenvalue weighted by Gasteiger charge is -2.11. The maximum Gasteiger partial charge on any atom is 0.405 e. The zero-order valence-corrected chi connectivity index (χ0v) is 16.7. The molecule has 0 saturated carbocycles. The summed E-state index contributed by atoms with van der Waals surface area (Å²) in [6.45, 7) is 0.595. The third-order valence-electron chi connectivity index (χ3n) is 4.93. The van der Waals surface area contributed by atoms with E-state index in [-0.39, 0.29) is 0 Å². The predicted molar refractivity (Wildman–Crippen MR) is 111 cm³/mol. The number of alkyl halides is 3. The second kappa shape index (κ2) is 7.78. The molecule has 7 nitrogen and oxygen atoms in total. The molecule has 0 spiro atoms. The Morgan fingerprint density at radius 2 is 1.94 bits per heavy atom. The summed E-state index contributed by atoms with van der Waals surface area (Å²) in [7, 11) is 1.88. The fourth-order valence-corrected chi connectivity index (χ4v) is 3.26. The van der Waals surface area contributed by atoms with Crippen molar-refractivity contribution in [1.29, 1.82) is 0 Å². The number of anilines is 1. The minimum Gasteiger partial charge on any atom is -0.329 e. The second-order valence-electron chi connectivity index (χ2n) is 7.06. The van der Waals surface area contributed by atoms with Crippen molar-refractivity contribution in [3.63, 3.8) is 0 Å². The molecular formula is C21H19F3N6O. The molecular weight excluding hydrogens is 409 g/mol. The lowest BCUT2D eigenvalue weighted by molar-refractivity contribution is -0.122. The number of aryl methyl sites for hydroxylation is 1. The predicted octanol–water partition coefficient (Wildman–Crippen LogP) is 4.39. The Kier molecular flexibility index (Phi) is 5.14. The first-order valence-electron chi connectivity index (χ1n) is 9.39. The number of urea groups is 1. The second-order valence-corrected chi connectivity index (χ2v) is 7.06. The molecule has 0 atom stereocenters. The maximum absolute atomic E-state index is 12.3. The van der Waals surface area contributed by atoms with Gasteiger partial charge in [-0.15, -0.1) is 0 Å². The van der Waals surface area contributed by atoms with Crippen molar-refractivity contribution in [2.45, 2.75) is 13.1 Å². The molecule has 4 rings (SSSR count). The van der Waals surface area contributed by atoms with Crippen molar-refractivity contribution in [2.75, 3.05) is 11.9 Å². The molecule has 4 aromatic rings. The van der Waals surface area contributed by atoms with Crippen LogP contribution in [0, 0.1) is 6.92 Å². The van der Waals surface area contributed by atoms with Gasteiger partial charge in [-0.25, -0.2) is 9.78 Å². The van der Waals surface area contributed by atoms with Crippen molar-refractivity contribution < 1.29 is 18.0 Å². The summed E-state index contributed by atoms with van der Waals surface area (Å²) < 4.78 is 40.5. The highest BCUT2D eigenvalue weighted by atomic mass is 19.4. The summed E-state index contributed by atoms with van der Waals surface area (Å²) in [4.78, 5) is 16.2. The number of imidazole rings is 1. The zero-order chi connectivity index (χ0) is 22.2. The summed E-state index contributed by atoms with van der Waals surface area (Å²) in [6, 6.07) is 9.82. The van der Waals surface area contributed by atoms with Crippen molar-refractivity contribution in [3.8, 4) is 22.4 Å². The van der Waals surface area contributed by atoms with E-state index in [0.717, 1.165) is 33.7 Å². The number of nitrogens with zero attached hydrogens (tertiary/aromatic N) is 4.